The van der Waals surface area contributed by atoms with E-state index in [1.165, 1.54) is 0 Å². The molecule has 154 valence electrons. The summed E-state index contributed by atoms with van der Waals surface area (Å²) in [6.45, 7) is 8.44. The number of unbranched alkanes of at least 4 members (excludes halogenated alkanes) is 2. The lowest BCUT2D eigenvalue weighted by molar-refractivity contribution is -0.136. The molecule has 27 heavy (non-hydrogen) atoms. The number of ether oxygens (including phenoxy) is 3. The van der Waals surface area contributed by atoms with Crippen LogP contribution in [0, 0.1) is 0 Å². The number of carbonyl (C=O) groups is 1. The molecule has 0 bridgehead atoms. The quantitative estimate of drug-likeness (QED) is 0.474. The van der Waals surface area contributed by atoms with Crippen LogP contribution in [0.3, 0.4) is 0 Å². The lowest BCUT2D eigenvalue weighted by Gasteiger charge is -2.27. The Balaban J connectivity index is 2.68. The molecule has 0 aliphatic heterocycles. The molecule has 0 aliphatic rings. The van der Waals surface area contributed by atoms with Crippen molar-refractivity contribution in [1.82, 2.24) is 0 Å². The third-order valence-electron chi connectivity index (χ3n) is 4.89. The first-order chi connectivity index (χ1) is 12.7. The van der Waals surface area contributed by atoms with Gasteiger partial charge in [0.2, 0.25) is 0 Å². The molecule has 1 rings (SSSR count). The summed E-state index contributed by atoms with van der Waals surface area (Å²) in [4.78, 5) is 12.6. The standard InChI is InChI=1S/C21H34ClNO4/c1-7-8-9-12-21(4,26-6)19(24)23-16-10-11-18(17(22)15-16)27-14-13-20(2,3)25-5/h10-11,15H,7-9,12-14H2,1-6H3,(H,23,24)/t21-/m1/s1. The van der Waals surface area contributed by atoms with Crippen LogP contribution in [0.25, 0.3) is 0 Å². The zero-order valence-corrected chi connectivity index (χ0v) is 18.2. The first kappa shape index (κ1) is 23.7. The summed E-state index contributed by atoms with van der Waals surface area (Å²) in [6.07, 6.45) is 4.53. The van der Waals surface area contributed by atoms with Crippen LogP contribution in [-0.2, 0) is 14.3 Å². The van der Waals surface area contributed by atoms with Crippen LogP contribution < -0.4 is 10.1 Å². The van der Waals surface area contributed by atoms with Crippen LogP contribution >= 0.6 is 11.6 Å². The minimum absolute atomic E-state index is 0.173. The number of hydrogen-bond acceptors (Lipinski definition) is 4. The minimum atomic E-state index is -0.859. The molecule has 5 nitrogen and oxygen atoms in total. The number of hydrogen-bond donors (Lipinski definition) is 1. The Hall–Kier alpha value is -1.30. The van der Waals surface area contributed by atoms with Gasteiger partial charge in [-0.15, -0.1) is 0 Å². The fourth-order valence-corrected chi connectivity index (χ4v) is 2.72. The van der Waals surface area contributed by atoms with Crippen molar-refractivity contribution < 1.29 is 19.0 Å². The van der Waals surface area contributed by atoms with Crippen molar-refractivity contribution in [3.63, 3.8) is 0 Å². The van der Waals surface area contributed by atoms with E-state index < -0.39 is 5.60 Å². The number of halogens is 1. The summed E-state index contributed by atoms with van der Waals surface area (Å²) in [7, 11) is 3.25. The van der Waals surface area contributed by atoms with Crippen LogP contribution in [0.15, 0.2) is 18.2 Å². The Bertz CT molecular complexity index is 606. The summed E-state index contributed by atoms with van der Waals surface area (Å²) < 4.78 is 16.6. The average Bonchev–Trinajstić information content (AvgIpc) is 2.63. The highest BCUT2D eigenvalue weighted by atomic mass is 35.5. The molecule has 1 N–H and O–H groups in total. The van der Waals surface area contributed by atoms with E-state index in [1.54, 1.807) is 32.4 Å². The lowest BCUT2D eigenvalue weighted by atomic mass is 9.97. The Morgan fingerprint density at radius 3 is 2.37 bits per heavy atom. The van der Waals surface area contributed by atoms with E-state index in [0.29, 0.717) is 29.5 Å². The molecule has 6 heteroatoms. The van der Waals surface area contributed by atoms with E-state index in [-0.39, 0.29) is 11.5 Å². The maximum absolute atomic E-state index is 12.6. The summed E-state index contributed by atoms with van der Waals surface area (Å²) in [6, 6.07) is 5.24. The Labute approximate surface area is 168 Å². The Morgan fingerprint density at radius 1 is 1.11 bits per heavy atom. The summed E-state index contributed by atoms with van der Waals surface area (Å²) in [5.74, 6) is 0.409. The molecule has 1 amide bonds. The van der Waals surface area contributed by atoms with Crippen LogP contribution in [-0.4, -0.2) is 37.9 Å². The molecule has 0 spiro atoms. The van der Waals surface area contributed by atoms with E-state index in [9.17, 15) is 4.79 Å². The van der Waals surface area contributed by atoms with E-state index in [2.05, 4.69) is 12.2 Å². The second kappa shape index (κ2) is 10.9. The smallest absolute Gasteiger partial charge is 0.256 e. The summed E-state index contributed by atoms with van der Waals surface area (Å²) >= 11 is 6.31. The van der Waals surface area contributed by atoms with Crippen molar-refractivity contribution in [3.05, 3.63) is 23.2 Å². The van der Waals surface area contributed by atoms with Gasteiger partial charge in [-0.1, -0.05) is 37.8 Å². The molecule has 1 aromatic rings. The molecule has 0 saturated heterocycles. The second-order valence-electron chi connectivity index (χ2n) is 7.55. The predicted octanol–water partition coefficient (Wildman–Crippen LogP) is 5.46. The normalized spacial score (nSPS) is 13.9. The first-order valence-electron chi connectivity index (χ1n) is 9.51. The lowest BCUT2D eigenvalue weighted by Crippen LogP contribution is -2.41. The van der Waals surface area contributed by atoms with Gasteiger partial charge < -0.3 is 19.5 Å². The largest absolute Gasteiger partial charge is 0.492 e. The van der Waals surface area contributed by atoms with Gasteiger partial charge in [0.1, 0.15) is 11.4 Å². The molecule has 1 atom stereocenters. The van der Waals surface area contributed by atoms with Crippen molar-refractivity contribution in [2.24, 2.45) is 0 Å². The Kier molecular flexibility index (Phi) is 9.57. The van der Waals surface area contributed by atoms with Crippen LogP contribution in [0.4, 0.5) is 5.69 Å². The second-order valence-corrected chi connectivity index (χ2v) is 7.96. The predicted molar refractivity (Wildman–Crippen MR) is 111 cm³/mol. The SMILES string of the molecule is CCCCC[C@@](C)(OC)C(=O)Nc1ccc(OCCC(C)(C)OC)c(Cl)c1. The third-order valence-corrected chi connectivity index (χ3v) is 5.19. The fourth-order valence-electron chi connectivity index (χ4n) is 2.49. The number of benzene rings is 1. The van der Waals surface area contributed by atoms with Gasteiger partial charge in [-0.05, 0) is 45.4 Å². The molecular weight excluding hydrogens is 366 g/mol. The fraction of sp³-hybridized carbons (Fsp3) is 0.667. The van der Waals surface area contributed by atoms with Crippen molar-refractivity contribution in [2.45, 2.75) is 71.0 Å². The maximum atomic E-state index is 12.6. The molecule has 1 aromatic carbocycles. The van der Waals surface area contributed by atoms with E-state index in [4.69, 9.17) is 25.8 Å². The van der Waals surface area contributed by atoms with Gasteiger partial charge in [-0.3, -0.25) is 4.79 Å². The molecule has 0 saturated carbocycles. The van der Waals surface area contributed by atoms with Crippen molar-refractivity contribution >= 4 is 23.2 Å². The van der Waals surface area contributed by atoms with Gasteiger partial charge in [0.15, 0.2) is 0 Å². The number of rotatable bonds is 12. The van der Waals surface area contributed by atoms with Crippen LogP contribution in [0.1, 0.15) is 59.8 Å². The van der Waals surface area contributed by atoms with Crippen molar-refractivity contribution in [1.29, 1.82) is 0 Å². The molecule has 0 radical (unpaired) electrons. The van der Waals surface area contributed by atoms with Crippen LogP contribution in [0.5, 0.6) is 5.75 Å². The van der Waals surface area contributed by atoms with Crippen molar-refractivity contribution in [2.75, 3.05) is 26.1 Å². The monoisotopic (exact) mass is 399 g/mol. The molecular formula is C21H34ClNO4. The van der Waals surface area contributed by atoms with Gasteiger partial charge in [0.05, 0.1) is 17.2 Å². The van der Waals surface area contributed by atoms with Gasteiger partial charge in [-0.25, -0.2) is 0 Å². The highest BCUT2D eigenvalue weighted by molar-refractivity contribution is 6.32. The summed E-state index contributed by atoms with van der Waals surface area (Å²) in [5, 5.41) is 3.35. The van der Waals surface area contributed by atoms with Gasteiger partial charge >= 0.3 is 0 Å². The minimum Gasteiger partial charge on any atom is -0.492 e. The average molecular weight is 400 g/mol. The molecule has 0 aliphatic carbocycles. The number of nitrogens with one attached hydrogen (secondary N) is 1. The number of amides is 1. The first-order valence-corrected chi connectivity index (χ1v) is 9.89. The molecule has 0 unspecified atom stereocenters. The van der Waals surface area contributed by atoms with Gasteiger partial charge in [-0.2, -0.15) is 0 Å². The Morgan fingerprint density at radius 2 is 1.81 bits per heavy atom. The molecule has 0 heterocycles. The van der Waals surface area contributed by atoms with Gasteiger partial charge in [0.25, 0.3) is 5.91 Å². The highest BCUT2D eigenvalue weighted by Crippen LogP contribution is 2.29. The van der Waals surface area contributed by atoms with E-state index in [1.807, 2.05) is 20.8 Å². The van der Waals surface area contributed by atoms with E-state index >= 15 is 0 Å². The third kappa shape index (κ3) is 7.68. The zero-order valence-electron chi connectivity index (χ0n) is 17.5. The van der Waals surface area contributed by atoms with Gasteiger partial charge in [0, 0.05) is 26.3 Å². The number of carbonyl (C=O) groups excluding carboxylic acids is 1. The number of anilines is 1. The topological polar surface area (TPSA) is 56.8 Å². The van der Waals surface area contributed by atoms with Crippen molar-refractivity contribution in [3.8, 4) is 5.75 Å². The van der Waals surface area contributed by atoms with E-state index in [0.717, 1.165) is 25.7 Å². The maximum Gasteiger partial charge on any atom is 0.256 e. The zero-order chi connectivity index (χ0) is 20.5. The number of methoxy groups -OCH3 is 2. The van der Waals surface area contributed by atoms with Crippen LogP contribution in [0.2, 0.25) is 5.02 Å². The highest BCUT2D eigenvalue weighted by Gasteiger charge is 2.32. The summed E-state index contributed by atoms with van der Waals surface area (Å²) in [5.41, 5.74) is -0.487. The molecule has 0 aromatic heterocycles. The molecule has 0 fully saturated rings.